The van der Waals surface area contributed by atoms with Crippen molar-refractivity contribution >= 4 is 44.1 Å². The zero-order valence-electron chi connectivity index (χ0n) is 10.7. The average Bonchev–Trinajstić information content (AvgIpc) is 2.18. The summed E-state index contributed by atoms with van der Waals surface area (Å²) in [6, 6.07) is 0. The molecule has 0 saturated heterocycles. The maximum absolute atomic E-state index is 9.36. The predicted octanol–water partition coefficient (Wildman–Crippen LogP) is -5.23. The summed E-state index contributed by atoms with van der Waals surface area (Å²) >= 11 is 0. The van der Waals surface area contributed by atoms with Crippen LogP contribution in [0.15, 0.2) is 0 Å². The Balaban J connectivity index is -0.0000000865. The summed E-state index contributed by atoms with van der Waals surface area (Å²) in [5.41, 5.74) is 0. The van der Waals surface area contributed by atoms with Gasteiger partial charge in [-0.25, -0.2) is 0 Å². The smallest absolute Gasteiger partial charge is 0.548 e. The molecule has 0 aromatic heterocycles. The Hall–Kier alpha value is -0.827. The summed E-state index contributed by atoms with van der Waals surface area (Å²) in [6.07, 6.45) is 0. The van der Waals surface area contributed by atoms with Crippen LogP contribution in [-0.4, -0.2) is 85.3 Å². The molecule has 0 spiro atoms. The zero-order chi connectivity index (χ0) is 15.0. The van der Waals surface area contributed by atoms with Crippen molar-refractivity contribution in [2.75, 3.05) is 41.2 Å². The molecule has 0 atom stereocenters. The van der Waals surface area contributed by atoms with Crippen LogP contribution in [0.2, 0.25) is 0 Å². The van der Waals surface area contributed by atoms with Crippen molar-refractivity contribution in [3.05, 3.63) is 0 Å². The van der Waals surface area contributed by atoms with Gasteiger partial charge < -0.3 is 43.9 Å². The average molecular weight is 476 g/mol. The van der Waals surface area contributed by atoms with Crippen molar-refractivity contribution in [1.29, 1.82) is 0 Å². The SMILES string of the molecule is COCC(=O)[O-].COCC(=O)[O-].COCC(=O)[O-].[Bi+3]. The van der Waals surface area contributed by atoms with Gasteiger partial charge in [0, 0.05) is 21.3 Å². The van der Waals surface area contributed by atoms with E-state index < -0.39 is 17.9 Å². The van der Waals surface area contributed by atoms with Gasteiger partial charge in [-0.15, -0.1) is 0 Å². The number of ether oxygens (including phenoxy) is 3. The molecule has 19 heavy (non-hydrogen) atoms. The maximum atomic E-state index is 9.36. The minimum atomic E-state index is -1.18. The van der Waals surface area contributed by atoms with Crippen LogP contribution in [0.25, 0.3) is 0 Å². The molecule has 0 saturated carbocycles. The van der Waals surface area contributed by atoms with E-state index in [9.17, 15) is 29.7 Å². The molecule has 0 rings (SSSR count). The monoisotopic (exact) mass is 476 g/mol. The minimum Gasteiger partial charge on any atom is -0.548 e. The van der Waals surface area contributed by atoms with E-state index in [0.29, 0.717) is 0 Å². The number of carbonyl (C=O) groups excluding carboxylic acids is 3. The van der Waals surface area contributed by atoms with Gasteiger partial charge in [-0.3, -0.25) is 0 Å². The van der Waals surface area contributed by atoms with E-state index in [1.807, 2.05) is 0 Å². The standard InChI is InChI=1S/3C3H6O3.Bi/c3*1-6-2-3(4)5;/h3*2H2,1H3,(H,4,5);/q;;;+3/p-3. The predicted molar refractivity (Wildman–Crippen MR) is 56.4 cm³/mol. The molecular formula is C9H15BiO9. The summed E-state index contributed by atoms with van der Waals surface area (Å²) in [5, 5.41) is 28.1. The van der Waals surface area contributed by atoms with Gasteiger partial charge in [-0.1, -0.05) is 0 Å². The summed E-state index contributed by atoms with van der Waals surface area (Å²) in [6.45, 7) is -0.958. The van der Waals surface area contributed by atoms with Gasteiger partial charge in [0.2, 0.25) is 0 Å². The molecule has 0 aliphatic carbocycles. The molecule has 10 heteroatoms. The molecule has 9 nitrogen and oxygen atoms in total. The van der Waals surface area contributed by atoms with Gasteiger partial charge >= 0.3 is 26.2 Å². The Morgan fingerprint density at radius 1 is 0.684 bits per heavy atom. The Morgan fingerprint density at radius 3 is 0.842 bits per heavy atom. The maximum Gasteiger partial charge on any atom is 3.00 e. The summed E-state index contributed by atoms with van der Waals surface area (Å²) < 4.78 is 12.4. The topological polar surface area (TPSA) is 148 Å². The normalized spacial score (nSPS) is 7.74. The molecule has 110 valence electrons. The quantitative estimate of drug-likeness (QED) is 0.343. The molecule has 0 fully saturated rings. The molecule has 0 bridgehead atoms. The first kappa shape index (κ1) is 26.7. The molecule has 0 aliphatic rings. The number of methoxy groups -OCH3 is 3. The third-order valence-electron chi connectivity index (χ3n) is 0.787. The molecule has 2 radical (unpaired) electrons. The van der Waals surface area contributed by atoms with Crippen LogP contribution in [-0.2, 0) is 28.6 Å². The van der Waals surface area contributed by atoms with Crippen LogP contribution in [0.3, 0.4) is 0 Å². The zero-order valence-corrected chi connectivity index (χ0v) is 14.2. The van der Waals surface area contributed by atoms with Crippen LogP contribution in [0, 0.1) is 0 Å². The van der Waals surface area contributed by atoms with E-state index in [-0.39, 0.29) is 46.0 Å². The first-order valence-corrected chi connectivity index (χ1v) is 4.38. The first-order chi connectivity index (χ1) is 8.31. The van der Waals surface area contributed by atoms with E-state index in [0.717, 1.165) is 0 Å². The Bertz CT molecular complexity index is 194. The number of aliphatic carboxylic acids is 3. The van der Waals surface area contributed by atoms with Gasteiger partial charge in [-0.05, 0) is 0 Å². The van der Waals surface area contributed by atoms with E-state index in [4.69, 9.17) is 0 Å². The Labute approximate surface area is 129 Å². The van der Waals surface area contributed by atoms with E-state index >= 15 is 0 Å². The van der Waals surface area contributed by atoms with Crippen molar-refractivity contribution in [3.8, 4) is 0 Å². The van der Waals surface area contributed by atoms with E-state index in [1.165, 1.54) is 21.3 Å². The molecule has 0 aliphatic heterocycles. The molecule has 0 aromatic rings. The van der Waals surface area contributed by atoms with Crippen molar-refractivity contribution in [2.45, 2.75) is 0 Å². The third kappa shape index (κ3) is 59.2. The van der Waals surface area contributed by atoms with Gasteiger partial charge in [0.1, 0.15) is 0 Å². The number of rotatable bonds is 6. The number of hydrogen-bond donors (Lipinski definition) is 0. The first-order valence-electron chi connectivity index (χ1n) is 4.38. The van der Waals surface area contributed by atoms with Gasteiger partial charge in [-0.2, -0.15) is 0 Å². The summed E-state index contributed by atoms with van der Waals surface area (Å²) in [4.78, 5) is 28.1. The van der Waals surface area contributed by atoms with Gasteiger partial charge in [0.05, 0.1) is 37.7 Å². The van der Waals surface area contributed by atoms with Gasteiger partial charge in [0.15, 0.2) is 0 Å². The largest absolute Gasteiger partial charge is 3.00 e. The number of carboxylic acid groups (broad SMARTS) is 3. The summed E-state index contributed by atoms with van der Waals surface area (Å²) in [5.74, 6) is -3.55. The minimum absolute atomic E-state index is 0. The van der Waals surface area contributed by atoms with Crippen molar-refractivity contribution in [3.63, 3.8) is 0 Å². The fraction of sp³-hybridized carbons (Fsp3) is 0.667. The summed E-state index contributed by atoms with van der Waals surface area (Å²) in [7, 11) is 3.90. The molecule has 0 unspecified atom stereocenters. The van der Waals surface area contributed by atoms with Crippen LogP contribution in [0.1, 0.15) is 0 Å². The fourth-order valence-corrected chi connectivity index (χ4v) is 0.354. The third-order valence-corrected chi connectivity index (χ3v) is 0.787. The molecule has 0 N–H and O–H groups in total. The molecule has 0 heterocycles. The van der Waals surface area contributed by atoms with Crippen LogP contribution < -0.4 is 15.3 Å². The molecule has 0 aromatic carbocycles. The van der Waals surface area contributed by atoms with Crippen molar-refractivity contribution < 1.29 is 43.9 Å². The van der Waals surface area contributed by atoms with E-state index in [2.05, 4.69) is 14.2 Å². The van der Waals surface area contributed by atoms with Crippen LogP contribution in [0.5, 0.6) is 0 Å². The van der Waals surface area contributed by atoms with Crippen LogP contribution >= 0.6 is 0 Å². The number of hydrogen-bond acceptors (Lipinski definition) is 9. The second-order valence-electron chi connectivity index (χ2n) is 2.42. The van der Waals surface area contributed by atoms with Crippen molar-refractivity contribution in [2.24, 2.45) is 0 Å². The number of carboxylic acids is 3. The number of carbonyl (C=O) groups is 3. The van der Waals surface area contributed by atoms with E-state index in [1.54, 1.807) is 0 Å². The Kier molecular flexibility index (Phi) is 31.4. The van der Waals surface area contributed by atoms with Gasteiger partial charge in [0.25, 0.3) is 0 Å². The Morgan fingerprint density at radius 2 is 0.842 bits per heavy atom. The van der Waals surface area contributed by atoms with Crippen LogP contribution in [0.4, 0.5) is 0 Å². The molecular weight excluding hydrogens is 461 g/mol. The second kappa shape index (κ2) is 22.4. The van der Waals surface area contributed by atoms with Crippen molar-refractivity contribution in [1.82, 2.24) is 0 Å². The second-order valence-corrected chi connectivity index (χ2v) is 2.42. The fourth-order valence-electron chi connectivity index (χ4n) is 0.354. The molecule has 0 amide bonds.